The first kappa shape index (κ1) is 14.2. The van der Waals surface area contributed by atoms with E-state index in [4.69, 9.17) is 21.1 Å². The van der Waals surface area contributed by atoms with Crippen molar-refractivity contribution in [1.82, 2.24) is 5.32 Å². The van der Waals surface area contributed by atoms with E-state index in [2.05, 4.69) is 11.4 Å². The first-order valence-electron chi connectivity index (χ1n) is 7.06. The van der Waals surface area contributed by atoms with Crippen LogP contribution in [0.2, 0.25) is 5.02 Å². The normalized spacial score (nSPS) is 20.5. The van der Waals surface area contributed by atoms with Gasteiger partial charge in [-0.25, -0.2) is 0 Å². The van der Waals surface area contributed by atoms with E-state index in [1.165, 1.54) is 0 Å². The van der Waals surface area contributed by atoms with Crippen molar-refractivity contribution in [3.8, 4) is 11.5 Å². The fourth-order valence-electron chi connectivity index (χ4n) is 2.63. The molecule has 0 amide bonds. The van der Waals surface area contributed by atoms with Crippen LogP contribution in [-0.4, -0.2) is 20.2 Å². The average molecular weight is 304 g/mol. The van der Waals surface area contributed by atoms with Crippen molar-refractivity contribution in [3.63, 3.8) is 0 Å². The SMILES string of the molecule is CNCC1COc2ccccc2C1Oc1ccc(Cl)cc1. The highest BCUT2D eigenvalue weighted by Gasteiger charge is 2.32. The van der Waals surface area contributed by atoms with E-state index in [0.717, 1.165) is 23.6 Å². The Labute approximate surface area is 129 Å². The largest absolute Gasteiger partial charge is 0.493 e. The van der Waals surface area contributed by atoms with Gasteiger partial charge < -0.3 is 14.8 Å². The predicted octanol–water partition coefficient (Wildman–Crippen LogP) is 3.69. The molecule has 110 valence electrons. The second-order valence-corrected chi connectivity index (χ2v) is 5.60. The lowest BCUT2D eigenvalue weighted by Gasteiger charge is -2.33. The van der Waals surface area contributed by atoms with Gasteiger partial charge in [-0.1, -0.05) is 29.8 Å². The van der Waals surface area contributed by atoms with Crippen LogP contribution in [-0.2, 0) is 0 Å². The van der Waals surface area contributed by atoms with Gasteiger partial charge >= 0.3 is 0 Å². The standard InChI is InChI=1S/C17H18ClNO2/c1-19-10-12-11-20-16-5-3-2-4-15(16)17(12)21-14-8-6-13(18)7-9-14/h2-9,12,17,19H,10-11H2,1H3. The van der Waals surface area contributed by atoms with Crippen LogP contribution in [0.4, 0.5) is 0 Å². The van der Waals surface area contributed by atoms with E-state index in [0.29, 0.717) is 11.6 Å². The molecular formula is C17H18ClNO2. The molecule has 1 aliphatic rings. The maximum Gasteiger partial charge on any atom is 0.135 e. The predicted molar refractivity (Wildman–Crippen MR) is 84.2 cm³/mol. The van der Waals surface area contributed by atoms with Gasteiger partial charge in [0.1, 0.15) is 17.6 Å². The molecule has 1 heterocycles. The van der Waals surface area contributed by atoms with Gasteiger partial charge in [0.05, 0.1) is 6.61 Å². The van der Waals surface area contributed by atoms with Gasteiger partial charge in [0.25, 0.3) is 0 Å². The Bertz CT molecular complexity index is 600. The molecule has 0 saturated carbocycles. The Morgan fingerprint density at radius 1 is 1.19 bits per heavy atom. The minimum Gasteiger partial charge on any atom is -0.493 e. The van der Waals surface area contributed by atoms with Gasteiger partial charge in [-0.2, -0.15) is 0 Å². The summed E-state index contributed by atoms with van der Waals surface area (Å²) in [5, 5.41) is 3.92. The number of nitrogens with one attached hydrogen (secondary N) is 1. The molecule has 0 bridgehead atoms. The Balaban J connectivity index is 1.89. The van der Waals surface area contributed by atoms with Crippen molar-refractivity contribution in [3.05, 3.63) is 59.1 Å². The van der Waals surface area contributed by atoms with Crippen molar-refractivity contribution in [2.24, 2.45) is 5.92 Å². The molecule has 21 heavy (non-hydrogen) atoms. The Morgan fingerprint density at radius 3 is 2.71 bits per heavy atom. The molecule has 2 aromatic rings. The van der Waals surface area contributed by atoms with E-state index < -0.39 is 0 Å². The first-order chi connectivity index (χ1) is 10.3. The lowest BCUT2D eigenvalue weighted by atomic mass is 9.93. The lowest BCUT2D eigenvalue weighted by molar-refractivity contribution is 0.0704. The molecule has 0 saturated heterocycles. The number of hydrogen-bond donors (Lipinski definition) is 1. The maximum absolute atomic E-state index is 6.22. The molecule has 0 aliphatic carbocycles. The van der Waals surface area contributed by atoms with Crippen molar-refractivity contribution < 1.29 is 9.47 Å². The Hall–Kier alpha value is -1.71. The van der Waals surface area contributed by atoms with Crippen LogP contribution in [0.15, 0.2) is 48.5 Å². The van der Waals surface area contributed by atoms with Crippen LogP contribution in [0.3, 0.4) is 0 Å². The summed E-state index contributed by atoms with van der Waals surface area (Å²) >= 11 is 5.93. The maximum atomic E-state index is 6.22. The molecule has 3 rings (SSSR count). The number of para-hydroxylation sites is 1. The summed E-state index contributed by atoms with van der Waals surface area (Å²) in [4.78, 5) is 0. The third-order valence-corrected chi connectivity index (χ3v) is 3.90. The van der Waals surface area contributed by atoms with Gasteiger partial charge in [-0.05, 0) is 37.4 Å². The summed E-state index contributed by atoms with van der Waals surface area (Å²) in [6.07, 6.45) is -0.0245. The van der Waals surface area contributed by atoms with E-state index in [1.54, 1.807) is 0 Å². The van der Waals surface area contributed by atoms with Crippen molar-refractivity contribution >= 4 is 11.6 Å². The highest BCUT2D eigenvalue weighted by molar-refractivity contribution is 6.30. The first-order valence-corrected chi connectivity index (χ1v) is 7.44. The third-order valence-electron chi connectivity index (χ3n) is 3.65. The van der Waals surface area contributed by atoms with Gasteiger partial charge in [-0.15, -0.1) is 0 Å². The summed E-state index contributed by atoms with van der Waals surface area (Å²) in [5.41, 5.74) is 1.10. The summed E-state index contributed by atoms with van der Waals surface area (Å²) in [6.45, 7) is 1.49. The Morgan fingerprint density at radius 2 is 1.95 bits per heavy atom. The van der Waals surface area contributed by atoms with Gasteiger partial charge in [-0.3, -0.25) is 0 Å². The fraction of sp³-hybridized carbons (Fsp3) is 0.294. The average Bonchev–Trinajstić information content (AvgIpc) is 2.52. The lowest BCUT2D eigenvalue weighted by Crippen LogP contribution is -2.35. The molecule has 0 fully saturated rings. The second-order valence-electron chi connectivity index (χ2n) is 5.16. The summed E-state index contributed by atoms with van der Waals surface area (Å²) in [7, 11) is 1.94. The zero-order valence-corrected chi connectivity index (χ0v) is 12.6. The van der Waals surface area contributed by atoms with E-state index >= 15 is 0 Å². The Kier molecular flexibility index (Phi) is 4.32. The minimum atomic E-state index is -0.0245. The number of hydrogen-bond acceptors (Lipinski definition) is 3. The number of benzene rings is 2. The van der Waals surface area contributed by atoms with E-state index in [1.807, 2.05) is 49.5 Å². The van der Waals surface area contributed by atoms with Crippen LogP contribution < -0.4 is 14.8 Å². The molecule has 1 N–H and O–H groups in total. The monoisotopic (exact) mass is 303 g/mol. The molecule has 0 aromatic heterocycles. The highest BCUT2D eigenvalue weighted by Crippen LogP contribution is 2.38. The molecule has 0 radical (unpaired) electrons. The fourth-order valence-corrected chi connectivity index (χ4v) is 2.76. The van der Waals surface area contributed by atoms with E-state index in [9.17, 15) is 0 Å². The summed E-state index contributed by atoms with van der Waals surface area (Å²) < 4.78 is 12.1. The van der Waals surface area contributed by atoms with Crippen LogP contribution in [0.5, 0.6) is 11.5 Å². The zero-order valence-electron chi connectivity index (χ0n) is 11.9. The molecule has 4 heteroatoms. The topological polar surface area (TPSA) is 30.5 Å². The minimum absolute atomic E-state index is 0.0245. The van der Waals surface area contributed by atoms with Crippen LogP contribution in [0.25, 0.3) is 0 Å². The van der Waals surface area contributed by atoms with Crippen LogP contribution in [0.1, 0.15) is 11.7 Å². The zero-order chi connectivity index (χ0) is 14.7. The molecular weight excluding hydrogens is 286 g/mol. The van der Waals surface area contributed by atoms with E-state index in [-0.39, 0.29) is 12.0 Å². The summed E-state index contributed by atoms with van der Waals surface area (Å²) in [5.74, 6) is 1.99. The molecule has 0 spiro atoms. The molecule has 2 atom stereocenters. The quantitative estimate of drug-likeness (QED) is 0.934. The van der Waals surface area contributed by atoms with Crippen molar-refractivity contribution in [2.75, 3.05) is 20.2 Å². The number of fused-ring (bicyclic) bond motifs is 1. The van der Waals surface area contributed by atoms with Gasteiger partial charge in [0.2, 0.25) is 0 Å². The smallest absolute Gasteiger partial charge is 0.135 e. The highest BCUT2D eigenvalue weighted by atomic mass is 35.5. The second kappa shape index (κ2) is 6.37. The summed E-state index contributed by atoms with van der Waals surface area (Å²) in [6, 6.07) is 15.5. The molecule has 3 nitrogen and oxygen atoms in total. The molecule has 1 aliphatic heterocycles. The van der Waals surface area contributed by atoms with Gasteiger partial charge in [0, 0.05) is 23.0 Å². The van der Waals surface area contributed by atoms with Crippen LogP contribution in [0, 0.1) is 5.92 Å². The molecule has 2 unspecified atom stereocenters. The number of rotatable bonds is 4. The molecule has 2 aromatic carbocycles. The van der Waals surface area contributed by atoms with Crippen molar-refractivity contribution in [1.29, 1.82) is 0 Å². The third kappa shape index (κ3) is 3.14. The van der Waals surface area contributed by atoms with Crippen LogP contribution >= 0.6 is 11.6 Å². The number of ether oxygens (including phenoxy) is 2. The number of halogens is 1. The van der Waals surface area contributed by atoms with Crippen molar-refractivity contribution in [2.45, 2.75) is 6.10 Å². The van der Waals surface area contributed by atoms with Gasteiger partial charge in [0.15, 0.2) is 0 Å².